The summed E-state index contributed by atoms with van der Waals surface area (Å²) in [5, 5.41) is 2.79. The van der Waals surface area contributed by atoms with Gasteiger partial charge in [0.25, 0.3) is 0 Å². The highest BCUT2D eigenvalue weighted by atomic mass is 79.9. The van der Waals surface area contributed by atoms with Crippen molar-refractivity contribution >= 4 is 37.1 Å². The van der Waals surface area contributed by atoms with Gasteiger partial charge in [0.15, 0.2) is 0 Å². The third kappa shape index (κ3) is 2.03. The Labute approximate surface area is 96.6 Å². The van der Waals surface area contributed by atoms with Gasteiger partial charge in [-0.25, -0.2) is 8.42 Å². The van der Waals surface area contributed by atoms with Crippen molar-refractivity contribution in [1.29, 1.82) is 0 Å². The molecule has 14 heavy (non-hydrogen) atoms. The van der Waals surface area contributed by atoms with E-state index in [1.165, 1.54) is 11.3 Å². The molecule has 0 aliphatic rings. The Hall–Kier alpha value is 0.0900. The van der Waals surface area contributed by atoms with Crippen molar-refractivity contribution in [1.82, 2.24) is 5.32 Å². The van der Waals surface area contributed by atoms with Crippen LogP contribution in [0.3, 0.4) is 0 Å². The fourth-order valence-corrected chi connectivity index (χ4v) is 4.62. The fraction of sp³-hybridized carbons (Fsp3) is 0.500. The fourth-order valence-electron chi connectivity index (χ4n) is 0.828. The summed E-state index contributed by atoms with van der Waals surface area (Å²) in [6.07, 6.45) is 0. The van der Waals surface area contributed by atoms with E-state index in [1.54, 1.807) is 33.0 Å². The number of hydrogen-bond donors (Lipinski definition) is 1. The number of rotatable bonds is 3. The smallest absolute Gasteiger partial charge is 0.205 e. The summed E-state index contributed by atoms with van der Waals surface area (Å²) in [5.41, 5.74) is 0. The minimum absolute atomic E-state index is 0.378. The van der Waals surface area contributed by atoms with E-state index in [0.717, 1.165) is 3.79 Å². The first-order valence-corrected chi connectivity index (χ1v) is 7.09. The molecule has 0 saturated carbocycles. The molecule has 0 bridgehead atoms. The Morgan fingerprint density at radius 2 is 2.00 bits per heavy atom. The van der Waals surface area contributed by atoms with Gasteiger partial charge in [0, 0.05) is 0 Å². The Balaban J connectivity index is 3.22. The molecule has 0 amide bonds. The predicted octanol–water partition coefficient (Wildman–Crippen LogP) is 2.24. The third-order valence-corrected chi connectivity index (χ3v) is 6.63. The third-order valence-electron chi connectivity index (χ3n) is 2.09. The van der Waals surface area contributed by atoms with E-state index < -0.39 is 14.7 Å². The Morgan fingerprint density at radius 1 is 1.43 bits per heavy atom. The molecule has 0 unspecified atom stereocenters. The van der Waals surface area contributed by atoms with Crippen LogP contribution in [-0.4, -0.2) is 20.3 Å². The molecule has 1 aromatic rings. The van der Waals surface area contributed by atoms with Crippen LogP contribution in [0.25, 0.3) is 0 Å². The van der Waals surface area contributed by atoms with Gasteiger partial charge in [-0.05, 0) is 49.0 Å². The van der Waals surface area contributed by atoms with E-state index >= 15 is 0 Å². The quantitative estimate of drug-likeness (QED) is 0.931. The molecule has 0 aliphatic heterocycles. The number of hydrogen-bond acceptors (Lipinski definition) is 4. The van der Waals surface area contributed by atoms with Crippen LogP contribution in [0.2, 0.25) is 0 Å². The van der Waals surface area contributed by atoms with Crippen molar-refractivity contribution in [2.75, 3.05) is 7.05 Å². The molecule has 1 rings (SSSR count). The first kappa shape index (κ1) is 12.2. The second-order valence-electron chi connectivity index (χ2n) is 3.32. The number of nitrogens with one attached hydrogen (secondary N) is 1. The standard InChI is InChI=1S/C8H12BrNO2S2/c1-8(2,10-3)14(11,12)7-5-4-6(9)13-7/h4-5,10H,1-3H3. The van der Waals surface area contributed by atoms with Crippen LogP contribution in [0.1, 0.15) is 13.8 Å². The summed E-state index contributed by atoms with van der Waals surface area (Å²) < 4.78 is 25.3. The minimum atomic E-state index is -3.29. The van der Waals surface area contributed by atoms with Gasteiger partial charge in [0.05, 0.1) is 3.79 Å². The zero-order valence-electron chi connectivity index (χ0n) is 8.17. The molecule has 0 atom stereocenters. The lowest BCUT2D eigenvalue weighted by Crippen LogP contribution is -2.43. The highest BCUT2D eigenvalue weighted by Crippen LogP contribution is 2.31. The predicted molar refractivity (Wildman–Crippen MR) is 62.3 cm³/mol. The van der Waals surface area contributed by atoms with E-state index in [2.05, 4.69) is 21.2 Å². The Bertz CT molecular complexity index is 422. The summed E-state index contributed by atoms with van der Waals surface area (Å²) in [6, 6.07) is 3.35. The van der Waals surface area contributed by atoms with Crippen LogP contribution in [0.5, 0.6) is 0 Å². The molecular weight excluding hydrogens is 286 g/mol. The average Bonchev–Trinajstić information content (AvgIpc) is 2.52. The first-order valence-electron chi connectivity index (χ1n) is 4.00. The molecule has 0 radical (unpaired) electrons. The second-order valence-corrected chi connectivity index (χ2v) is 8.51. The Kier molecular flexibility index (Phi) is 3.41. The summed E-state index contributed by atoms with van der Waals surface area (Å²) in [7, 11) is -1.65. The lowest BCUT2D eigenvalue weighted by Gasteiger charge is -2.22. The van der Waals surface area contributed by atoms with Gasteiger partial charge in [0.2, 0.25) is 9.84 Å². The van der Waals surface area contributed by atoms with Gasteiger partial charge in [-0.1, -0.05) is 0 Å². The molecule has 0 fully saturated rings. The molecule has 0 aromatic carbocycles. The topological polar surface area (TPSA) is 46.2 Å². The lowest BCUT2D eigenvalue weighted by molar-refractivity contribution is 0.512. The molecule has 1 aromatic heterocycles. The molecule has 0 saturated heterocycles. The highest BCUT2D eigenvalue weighted by molar-refractivity contribution is 9.11. The molecule has 0 spiro atoms. The van der Waals surface area contributed by atoms with Gasteiger partial charge < -0.3 is 5.32 Å². The van der Waals surface area contributed by atoms with Crippen LogP contribution in [-0.2, 0) is 9.84 Å². The van der Waals surface area contributed by atoms with Gasteiger partial charge in [0.1, 0.15) is 9.08 Å². The van der Waals surface area contributed by atoms with E-state index in [-0.39, 0.29) is 0 Å². The maximum Gasteiger partial charge on any atom is 0.205 e. The van der Waals surface area contributed by atoms with Crippen LogP contribution >= 0.6 is 27.3 Å². The van der Waals surface area contributed by atoms with Gasteiger partial charge >= 0.3 is 0 Å². The number of sulfone groups is 1. The summed E-state index contributed by atoms with van der Waals surface area (Å²) in [4.78, 5) is -0.933. The molecule has 0 aliphatic carbocycles. The summed E-state index contributed by atoms with van der Waals surface area (Å²) >= 11 is 4.47. The van der Waals surface area contributed by atoms with Crippen molar-refractivity contribution in [3.63, 3.8) is 0 Å². The SMILES string of the molecule is CNC(C)(C)S(=O)(=O)c1ccc(Br)s1. The maximum absolute atomic E-state index is 12.0. The van der Waals surface area contributed by atoms with Crippen molar-refractivity contribution in [3.8, 4) is 0 Å². The van der Waals surface area contributed by atoms with Crippen molar-refractivity contribution in [2.45, 2.75) is 22.9 Å². The van der Waals surface area contributed by atoms with Gasteiger partial charge in [-0.2, -0.15) is 0 Å². The van der Waals surface area contributed by atoms with Crippen molar-refractivity contribution in [2.24, 2.45) is 0 Å². The molecular formula is C8H12BrNO2S2. The number of thiophene rings is 1. The second kappa shape index (κ2) is 3.92. The Morgan fingerprint density at radius 3 is 2.36 bits per heavy atom. The molecule has 1 N–H and O–H groups in total. The highest BCUT2D eigenvalue weighted by Gasteiger charge is 2.35. The normalized spacial score (nSPS) is 13.1. The van der Waals surface area contributed by atoms with Crippen molar-refractivity contribution in [3.05, 3.63) is 15.9 Å². The molecule has 6 heteroatoms. The van der Waals surface area contributed by atoms with E-state index in [4.69, 9.17) is 0 Å². The average molecular weight is 298 g/mol. The lowest BCUT2D eigenvalue weighted by atomic mass is 10.4. The van der Waals surface area contributed by atoms with Crippen LogP contribution in [0, 0.1) is 0 Å². The molecule has 3 nitrogen and oxygen atoms in total. The monoisotopic (exact) mass is 297 g/mol. The van der Waals surface area contributed by atoms with E-state index in [9.17, 15) is 8.42 Å². The first-order chi connectivity index (χ1) is 6.31. The zero-order chi connectivity index (χ0) is 11.0. The summed E-state index contributed by atoms with van der Waals surface area (Å²) in [5.74, 6) is 0. The number of halogens is 1. The van der Waals surface area contributed by atoms with Crippen LogP contribution in [0.15, 0.2) is 20.1 Å². The molecule has 80 valence electrons. The largest absolute Gasteiger partial charge is 0.302 e. The molecule has 1 heterocycles. The zero-order valence-corrected chi connectivity index (χ0v) is 11.4. The van der Waals surface area contributed by atoms with Gasteiger partial charge in [-0.3, -0.25) is 0 Å². The van der Waals surface area contributed by atoms with Crippen molar-refractivity contribution < 1.29 is 8.42 Å². The summed E-state index contributed by atoms with van der Waals surface area (Å²) in [6.45, 7) is 3.30. The minimum Gasteiger partial charge on any atom is -0.302 e. The van der Waals surface area contributed by atoms with Crippen LogP contribution < -0.4 is 5.32 Å². The van der Waals surface area contributed by atoms with Gasteiger partial charge in [-0.15, -0.1) is 11.3 Å². The maximum atomic E-state index is 12.0. The van der Waals surface area contributed by atoms with E-state index in [1.807, 2.05) is 0 Å². The van der Waals surface area contributed by atoms with E-state index in [0.29, 0.717) is 4.21 Å². The van der Waals surface area contributed by atoms with Crippen LogP contribution in [0.4, 0.5) is 0 Å².